The molecule has 0 aromatic heterocycles. The van der Waals surface area contributed by atoms with Crippen molar-refractivity contribution in [3.63, 3.8) is 0 Å². The monoisotopic (exact) mass is 294 g/mol. The van der Waals surface area contributed by atoms with Crippen LogP contribution in [0.25, 0.3) is 0 Å². The highest BCUT2D eigenvalue weighted by Crippen LogP contribution is 2.20. The normalized spacial score (nSPS) is 10.4. The predicted octanol–water partition coefficient (Wildman–Crippen LogP) is 1.38. The summed E-state index contributed by atoms with van der Waals surface area (Å²) in [4.78, 5) is 23.5. The van der Waals surface area contributed by atoms with Crippen LogP contribution in [-0.2, 0) is 4.79 Å². The zero-order valence-electron chi connectivity index (χ0n) is 12.3. The first-order valence-electron chi connectivity index (χ1n) is 7.06. The molecule has 0 aliphatic heterocycles. The molecule has 4 N–H and O–H groups in total. The van der Waals surface area contributed by atoms with Crippen molar-refractivity contribution in [3.05, 3.63) is 23.8 Å². The van der Waals surface area contributed by atoms with E-state index >= 15 is 0 Å². The van der Waals surface area contributed by atoms with Gasteiger partial charge in [0.25, 0.3) is 5.91 Å². The number of phenols is 2. The molecule has 0 radical (unpaired) electrons. The largest absolute Gasteiger partial charge is 0.508 e. The molecule has 0 spiro atoms. The van der Waals surface area contributed by atoms with Crippen LogP contribution in [0.3, 0.4) is 0 Å². The first kappa shape index (κ1) is 16.8. The van der Waals surface area contributed by atoms with Crippen molar-refractivity contribution in [2.45, 2.75) is 26.7 Å². The van der Waals surface area contributed by atoms with Gasteiger partial charge in [-0.25, -0.2) is 0 Å². The number of benzene rings is 1. The maximum absolute atomic E-state index is 11.8. The van der Waals surface area contributed by atoms with Gasteiger partial charge >= 0.3 is 0 Å². The molecule has 21 heavy (non-hydrogen) atoms. The van der Waals surface area contributed by atoms with E-state index in [1.807, 2.05) is 13.8 Å². The number of aromatic hydroxyl groups is 2. The fourth-order valence-electron chi connectivity index (χ4n) is 1.99. The van der Waals surface area contributed by atoms with E-state index in [2.05, 4.69) is 10.6 Å². The summed E-state index contributed by atoms with van der Waals surface area (Å²) < 4.78 is 0. The Morgan fingerprint density at radius 1 is 1.00 bits per heavy atom. The van der Waals surface area contributed by atoms with Crippen molar-refractivity contribution in [1.29, 1.82) is 0 Å². The number of hydrogen-bond acceptors (Lipinski definition) is 4. The van der Waals surface area contributed by atoms with Gasteiger partial charge in [-0.15, -0.1) is 0 Å². The maximum Gasteiger partial charge on any atom is 0.251 e. The molecular formula is C15H22N2O4. The van der Waals surface area contributed by atoms with Gasteiger partial charge in [-0.3, -0.25) is 9.59 Å². The van der Waals surface area contributed by atoms with Crippen LogP contribution in [0, 0.1) is 5.92 Å². The Morgan fingerprint density at radius 3 is 2.05 bits per heavy atom. The number of phenolic OH excluding ortho intramolecular Hbond substituents is 2. The van der Waals surface area contributed by atoms with Crippen LogP contribution in [0.1, 0.15) is 37.0 Å². The lowest BCUT2D eigenvalue weighted by atomic mass is 10.0. The molecule has 2 amide bonds. The van der Waals surface area contributed by atoms with E-state index in [1.165, 1.54) is 12.1 Å². The fourth-order valence-corrected chi connectivity index (χ4v) is 1.99. The molecule has 0 bridgehead atoms. The second-order valence-electron chi connectivity index (χ2n) is 4.80. The summed E-state index contributed by atoms with van der Waals surface area (Å²) in [5.74, 6) is -0.782. The first-order valence-corrected chi connectivity index (χ1v) is 7.06. The van der Waals surface area contributed by atoms with Crippen LogP contribution < -0.4 is 10.6 Å². The summed E-state index contributed by atoms with van der Waals surface area (Å²) in [6.45, 7) is 4.54. The molecule has 0 atom stereocenters. The average Bonchev–Trinajstić information content (AvgIpc) is 2.43. The SMILES string of the molecule is CCC(CC)C(=O)NCCNC(=O)c1cc(O)cc(O)c1. The third-order valence-electron chi connectivity index (χ3n) is 3.23. The van der Waals surface area contributed by atoms with Gasteiger partial charge in [0, 0.05) is 30.6 Å². The van der Waals surface area contributed by atoms with Crippen molar-refractivity contribution in [2.24, 2.45) is 5.92 Å². The molecule has 1 aromatic rings. The molecule has 1 rings (SSSR count). The Hall–Kier alpha value is -2.24. The minimum absolute atomic E-state index is 0.00344. The van der Waals surface area contributed by atoms with E-state index in [4.69, 9.17) is 0 Å². The second kappa shape index (κ2) is 8.14. The van der Waals surface area contributed by atoms with Crippen molar-refractivity contribution < 1.29 is 19.8 Å². The number of carbonyl (C=O) groups is 2. The van der Waals surface area contributed by atoms with E-state index in [9.17, 15) is 19.8 Å². The van der Waals surface area contributed by atoms with Gasteiger partial charge in [0.15, 0.2) is 0 Å². The minimum atomic E-state index is -0.419. The molecular weight excluding hydrogens is 272 g/mol. The molecule has 6 nitrogen and oxygen atoms in total. The topological polar surface area (TPSA) is 98.7 Å². The van der Waals surface area contributed by atoms with Crippen LogP contribution in [0.5, 0.6) is 11.5 Å². The van der Waals surface area contributed by atoms with Gasteiger partial charge < -0.3 is 20.8 Å². The predicted molar refractivity (Wildman–Crippen MR) is 79.2 cm³/mol. The molecule has 0 aliphatic carbocycles. The van der Waals surface area contributed by atoms with Gasteiger partial charge in [0.05, 0.1) is 0 Å². The molecule has 0 heterocycles. The highest BCUT2D eigenvalue weighted by atomic mass is 16.3. The number of nitrogens with one attached hydrogen (secondary N) is 2. The van der Waals surface area contributed by atoms with Crippen LogP contribution >= 0.6 is 0 Å². The third kappa shape index (κ3) is 5.33. The summed E-state index contributed by atoms with van der Waals surface area (Å²) in [5.41, 5.74) is 0.166. The summed E-state index contributed by atoms with van der Waals surface area (Å²) >= 11 is 0. The first-order chi connectivity index (χ1) is 9.97. The molecule has 116 valence electrons. The van der Waals surface area contributed by atoms with Crippen LogP contribution in [-0.4, -0.2) is 35.1 Å². The minimum Gasteiger partial charge on any atom is -0.508 e. The number of amides is 2. The highest BCUT2D eigenvalue weighted by molar-refractivity contribution is 5.95. The highest BCUT2D eigenvalue weighted by Gasteiger charge is 2.13. The summed E-state index contributed by atoms with van der Waals surface area (Å²) in [5, 5.41) is 24.0. The van der Waals surface area contributed by atoms with E-state index in [0.29, 0.717) is 6.54 Å². The molecule has 0 saturated heterocycles. The van der Waals surface area contributed by atoms with E-state index in [1.54, 1.807) is 0 Å². The molecule has 0 unspecified atom stereocenters. The molecule has 6 heteroatoms. The van der Waals surface area contributed by atoms with E-state index in [-0.39, 0.29) is 35.4 Å². The average molecular weight is 294 g/mol. The Bertz CT molecular complexity index is 478. The Labute approximate surface area is 124 Å². The van der Waals surface area contributed by atoms with Gasteiger partial charge in [-0.2, -0.15) is 0 Å². The lowest BCUT2D eigenvalue weighted by molar-refractivity contribution is -0.125. The van der Waals surface area contributed by atoms with Crippen LogP contribution in [0.15, 0.2) is 18.2 Å². The Balaban J connectivity index is 2.39. The van der Waals surface area contributed by atoms with E-state index in [0.717, 1.165) is 18.9 Å². The number of rotatable bonds is 7. The standard InChI is InChI=1S/C15H22N2O4/c1-3-10(4-2)14(20)16-5-6-17-15(21)11-7-12(18)9-13(19)8-11/h7-10,18-19H,3-6H2,1-2H3,(H,16,20)(H,17,21). The lowest BCUT2D eigenvalue weighted by Gasteiger charge is -2.13. The smallest absolute Gasteiger partial charge is 0.251 e. The summed E-state index contributed by atoms with van der Waals surface area (Å²) in [7, 11) is 0. The van der Waals surface area contributed by atoms with Gasteiger partial charge in [0.2, 0.25) is 5.91 Å². The van der Waals surface area contributed by atoms with Crippen molar-refractivity contribution in [3.8, 4) is 11.5 Å². The van der Waals surface area contributed by atoms with E-state index < -0.39 is 5.91 Å². The number of carbonyl (C=O) groups excluding carboxylic acids is 2. The zero-order valence-corrected chi connectivity index (χ0v) is 12.3. The zero-order chi connectivity index (χ0) is 15.8. The lowest BCUT2D eigenvalue weighted by Crippen LogP contribution is -2.37. The Morgan fingerprint density at radius 2 is 1.52 bits per heavy atom. The third-order valence-corrected chi connectivity index (χ3v) is 3.23. The molecule has 0 aliphatic rings. The number of hydrogen-bond donors (Lipinski definition) is 4. The molecule has 0 saturated carbocycles. The van der Waals surface area contributed by atoms with Gasteiger partial charge in [-0.1, -0.05) is 13.8 Å². The fraction of sp³-hybridized carbons (Fsp3) is 0.467. The summed E-state index contributed by atoms with van der Waals surface area (Å²) in [6.07, 6.45) is 1.58. The molecule has 0 fully saturated rings. The maximum atomic E-state index is 11.8. The van der Waals surface area contributed by atoms with Crippen molar-refractivity contribution in [2.75, 3.05) is 13.1 Å². The van der Waals surface area contributed by atoms with Crippen molar-refractivity contribution >= 4 is 11.8 Å². The Kier molecular flexibility index (Phi) is 6.52. The quantitative estimate of drug-likeness (QED) is 0.571. The molecule has 1 aromatic carbocycles. The van der Waals surface area contributed by atoms with Crippen LogP contribution in [0.4, 0.5) is 0 Å². The van der Waals surface area contributed by atoms with Crippen LogP contribution in [0.2, 0.25) is 0 Å². The van der Waals surface area contributed by atoms with Gasteiger partial charge in [0.1, 0.15) is 11.5 Å². The van der Waals surface area contributed by atoms with Crippen molar-refractivity contribution in [1.82, 2.24) is 10.6 Å². The summed E-state index contributed by atoms with van der Waals surface area (Å²) in [6, 6.07) is 3.67. The second-order valence-corrected chi connectivity index (χ2v) is 4.80. The van der Waals surface area contributed by atoms with Gasteiger partial charge in [-0.05, 0) is 25.0 Å².